The fourth-order valence-corrected chi connectivity index (χ4v) is 4.16. The van der Waals surface area contributed by atoms with E-state index in [1.165, 1.54) is 4.31 Å². The Bertz CT molecular complexity index is 913. The van der Waals surface area contributed by atoms with Gasteiger partial charge in [-0.25, -0.2) is 8.42 Å². The van der Waals surface area contributed by atoms with E-state index in [4.69, 9.17) is 11.6 Å². The summed E-state index contributed by atoms with van der Waals surface area (Å²) in [4.78, 5) is 12.9. The lowest BCUT2D eigenvalue weighted by Gasteiger charge is -2.30. The van der Waals surface area contributed by atoms with Crippen LogP contribution >= 0.6 is 11.6 Å². The molecule has 2 aromatic carbocycles. The maximum Gasteiger partial charge on any atom is 0.248 e. The molecule has 2 aromatic rings. The van der Waals surface area contributed by atoms with Gasteiger partial charge in [0.15, 0.2) is 0 Å². The minimum atomic E-state index is -3.66. The summed E-state index contributed by atoms with van der Waals surface area (Å²) in [6.07, 6.45) is 1.43. The number of rotatable bonds is 6. The lowest BCUT2D eigenvalue weighted by molar-refractivity contribution is -0.117. The van der Waals surface area contributed by atoms with Crippen molar-refractivity contribution in [1.82, 2.24) is 0 Å². The van der Waals surface area contributed by atoms with Crippen LogP contribution in [0, 0.1) is 13.8 Å². The number of amides is 1. The molecule has 1 N–H and O–H groups in total. The van der Waals surface area contributed by atoms with Gasteiger partial charge in [-0.15, -0.1) is 0 Å². The standard InChI is InChI=1S/C19H23ClN2O3S/c1-5-18(19(23)21-17-11-7-10-16(20)14(17)3)22(26(4,24)25)15-9-6-8-13(2)12-15/h6-12,18H,5H2,1-4H3,(H,21,23). The highest BCUT2D eigenvalue weighted by atomic mass is 35.5. The maximum absolute atomic E-state index is 12.9. The lowest BCUT2D eigenvalue weighted by atomic mass is 10.1. The number of anilines is 2. The van der Waals surface area contributed by atoms with E-state index in [0.717, 1.165) is 17.4 Å². The van der Waals surface area contributed by atoms with Crippen LogP contribution in [-0.4, -0.2) is 26.6 Å². The third-order valence-electron chi connectivity index (χ3n) is 4.11. The zero-order valence-corrected chi connectivity index (χ0v) is 16.9. The normalized spacial score (nSPS) is 12.5. The number of carbonyl (C=O) groups is 1. The van der Waals surface area contributed by atoms with Crippen molar-refractivity contribution in [3.05, 3.63) is 58.6 Å². The summed E-state index contributed by atoms with van der Waals surface area (Å²) in [6.45, 7) is 5.46. The molecule has 1 unspecified atom stereocenters. The molecule has 1 amide bonds. The summed E-state index contributed by atoms with van der Waals surface area (Å²) in [6, 6.07) is 11.4. The second-order valence-electron chi connectivity index (χ2n) is 6.22. The van der Waals surface area contributed by atoms with Crippen molar-refractivity contribution in [3.63, 3.8) is 0 Å². The van der Waals surface area contributed by atoms with E-state index in [2.05, 4.69) is 5.32 Å². The number of sulfonamides is 1. The zero-order valence-electron chi connectivity index (χ0n) is 15.3. The highest BCUT2D eigenvalue weighted by Crippen LogP contribution is 2.26. The van der Waals surface area contributed by atoms with Crippen LogP contribution in [0.2, 0.25) is 5.02 Å². The molecule has 0 aliphatic carbocycles. The van der Waals surface area contributed by atoms with Gasteiger partial charge in [-0.3, -0.25) is 9.10 Å². The summed E-state index contributed by atoms with van der Waals surface area (Å²) in [5, 5.41) is 3.35. The highest BCUT2D eigenvalue weighted by Gasteiger charge is 2.31. The third-order valence-corrected chi connectivity index (χ3v) is 5.70. The minimum Gasteiger partial charge on any atom is -0.324 e. The number of nitrogens with one attached hydrogen (secondary N) is 1. The Balaban J connectivity index is 2.42. The average molecular weight is 395 g/mol. The molecule has 0 saturated carbocycles. The molecule has 0 heterocycles. The van der Waals surface area contributed by atoms with Crippen LogP contribution in [0.5, 0.6) is 0 Å². The lowest BCUT2D eigenvalue weighted by Crippen LogP contribution is -2.47. The van der Waals surface area contributed by atoms with Crippen LogP contribution in [0.3, 0.4) is 0 Å². The van der Waals surface area contributed by atoms with Crippen molar-refractivity contribution in [2.24, 2.45) is 0 Å². The van der Waals surface area contributed by atoms with E-state index in [1.54, 1.807) is 50.2 Å². The van der Waals surface area contributed by atoms with Gasteiger partial charge in [0.2, 0.25) is 15.9 Å². The van der Waals surface area contributed by atoms with E-state index < -0.39 is 22.0 Å². The molecule has 26 heavy (non-hydrogen) atoms. The number of benzene rings is 2. The van der Waals surface area contributed by atoms with Gasteiger partial charge in [-0.05, 0) is 55.7 Å². The molecule has 1 atom stereocenters. The second kappa shape index (κ2) is 8.10. The van der Waals surface area contributed by atoms with Crippen LogP contribution in [0.25, 0.3) is 0 Å². The number of halogens is 1. The zero-order chi connectivity index (χ0) is 19.5. The molecule has 0 bridgehead atoms. The molecule has 140 valence electrons. The van der Waals surface area contributed by atoms with Gasteiger partial charge in [0.05, 0.1) is 11.9 Å². The van der Waals surface area contributed by atoms with E-state index >= 15 is 0 Å². The van der Waals surface area contributed by atoms with Crippen LogP contribution in [0.4, 0.5) is 11.4 Å². The first-order valence-electron chi connectivity index (χ1n) is 8.27. The Morgan fingerprint density at radius 2 is 1.85 bits per heavy atom. The van der Waals surface area contributed by atoms with Gasteiger partial charge < -0.3 is 5.32 Å². The summed E-state index contributed by atoms with van der Waals surface area (Å²) in [7, 11) is -3.66. The number of hydrogen-bond acceptors (Lipinski definition) is 3. The van der Waals surface area contributed by atoms with Crippen molar-refractivity contribution < 1.29 is 13.2 Å². The molecule has 0 saturated heterocycles. The van der Waals surface area contributed by atoms with Crippen molar-refractivity contribution in [1.29, 1.82) is 0 Å². The molecular weight excluding hydrogens is 372 g/mol. The molecule has 0 aliphatic heterocycles. The first-order valence-corrected chi connectivity index (χ1v) is 10.5. The summed E-state index contributed by atoms with van der Waals surface area (Å²) in [5.41, 5.74) is 2.69. The Labute approximate surface area is 160 Å². The van der Waals surface area contributed by atoms with Gasteiger partial charge >= 0.3 is 0 Å². The molecule has 2 rings (SSSR count). The van der Waals surface area contributed by atoms with Crippen LogP contribution in [0.15, 0.2) is 42.5 Å². The van der Waals surface area contributed by atoms with Crippen LogP contribution in [0.1, 0.15) is 24.5 Å². The Morgan fingerprint density at radius 1 is 1.19 bits per heavy atom. The molecule has 7 heteroatoms. The van der Waals surface area contributed by atoms with Crippen LogP contribution in [-0.2, 0) is 14.8 Å². The Hall–Kier alpha value is -2.05. The largest absolute Gasteiger partial charge is 0.324 e. The van der Waals surface area contributed by atoms with Gasteiger partial charge in [-0.1, -0.05) is 36.7 Å². The van der Waals surface area contributed by atoms with Gasteiger partial charge in [0, 0.05) is 10.7 Å². The number of hydrogen-bond donors (Lipinski definition) is 1. The molecular formula is C19H23ClN2O3S. The van der Waals surface area contributed by atoms with Crippen molar-refractivity contribution >= 4 is 38.9 Å². The van der Waals surface area contributed by atoms with E-state index in [0.29, 0.717) is 22.8 Å². The molecule has 0 aromatic heterocycles. The van der Waals surface area contributed by atoms with E-state index in [-0.39, 0.29) is 0 Å². The first kappa shape index (κ1) is 20.3. The first-order chi connectivity index (χ1) is 12.1. The predicted octanol–water partition coefficient (Wildman–Crippen LogP) is 4.14. The van der Waals surface area contributed by atoms with Crippen molar-refractivity contribution in [2.45, 2.75) is 33.2 Å². The smallest absolute Gasteiger partial charge is 0.248 e. The van der Waals surface area contributed by atoms with E-state index in [1.807, 2.05) is 13.0 Å². The van der Waals surface area contributed by atoms with Gasteiger partial charge in [0.25, 0.3) is 0 Å². The summed E-state index contributed by atoms with van der Waals surface area (Å²) >= 11 is 6.10. The predicted molar refractivity (Wildman–Crippen MR) is 107 cm³/mol. The Kier molecular flexibility index (Phi) is 6.31. The maximum atomic E-state index is 12.9. The molecule has 0 fully saturated rings. The summed E-state index contributed by atoms with van der Waals surface area (Å²) in [5.74, 6) is -0.398. The molecule has 0 spiro atoms. The number of nitrogens with zero attached hydrogens (tertiary/aromatic N) is 1. The Morgan fingerprint density at radius 3 is 2.42 bits per heavy atom. The fraction of sp³-hybridized carbons (Fsp3) is 0.316. The fourth-order valence-electron chi connectivity index (χ4n) is 2.78. The molecule has 5 nitrogen and oxygen atoms in total. The summed E-state index contributed by atoms with van der Waals surface area (Å²) < 4.78 is 26.1. The van der Waals surface area contributed by atoms with Gasteiger partial charge in [-0.2, -0.15) is 0 Å². The molecule has 0 aliphatic rings. The number of aryl methyl sites for hydroxylation is 1. The highest BCUT2D eigenvalue weighted by molar-refractivity contribution is 7.92. The van der Waals surface area contributed by atoms with Gasteiger partial charge in [0.1, 0.15) is 6.04 Å². The van der Waals surface area contributed by atoms with Crippen molar-refractivity contribution in [2.75, 3.05) is 15.9 Å². The second-order valence-corrected chi connectivity index (χ2v) is 8.49. The third kappa shape index (κ3) is 4.56. The average Bonchev–Trinajstić information content (AvgIpc) is 2.55. The SMILES string of the molecule is CCC(C(=O)Nc1cccc(Cl)c1C)N(c1cccc(C)c1)S(C)(=O)=O. The quantitative estimate of drug-likeness (QED) is 0.800. The van der Waals surface area contributed by atoms with E-state index in [9.17, 15) is 13.2 Å². The minimum absolute atomic E-state index is 0.326. The van der Waals surface area contributed by atoms with Crippen LogP contribution < -0.4 is 9.62 Å². The molecule has 0 radical (unpaired) electrons. The number of carbonyl (C=O) groups excluding carboxylic acids is 1. The monoisotopic (exact) mass is 394 g/mol. The van der Waals surface area contributed by atoms with Crippen molar-refractivity contribution in [3.8, 4) is 0 Å². The topological polar surface area (TPSA) is 66.5 Å².